The van der Waals surface area contributed by atoms with E-state index in [1.807, 2.05) is 18.2 Å². The van der Waals surface area contributed by atoms with Crippen LogP contribution in [0.1, 0.15) is 15.9 Å². The van der Waals surface area contributed by atoms with Crippen LogP contribution in [0.3, 0.4) is 0 Å². The third-order valence-electron chi connectivity index (χ3n) is 3.80. The summed E-state index contributed by atoms with van der Waals surface area (Å²) < 4.78 is 10.5. The van der Waals surface area contributed by atoms with Gasteiger partial charge in [-0.1, -0.05) is 30.3 Å². The van der Waals surface area contributed by atoms with Crippen LogP contribution in [0.5, 0.6) is 11.5 Å². The molecule has 2 rings (SSSR count). The second-order valence-electron chi connectivity index (χ2n) is 5.42. The minimum atomic E-state index is -0.0754. The van der Waals surface area contributed by atoms with Crippen molar-refractivity contribution in [3.05, 3.63) is 59.7 Å². The number of amides is 1. The Morgan fingerprint density at radius 1 is 1.00 bits per heavy atom. The fourth-order valence-electron chi connectivity index (χ4n) is 2.49. The van der Waals surface area contributed by atoms with Crippen molar-refractivity contribution in [2.75, 3.05) is 33.9 Å². The van der Waals surface area contributed by atoms with Crippen LogP contribution in [-0.4, -0.2) is 44.7 Å². The van der Waals surface area contributed by atoms with E-state index in [0.717, 1.165) is 6.42 Å². The van der Waals surface area contributed by atoms with E-state index in [4.69, 9.17) is 15.2 Å². The number of ether oxygens (including phenoxy) is 2. The van der Waals surface area contributed by atoms with Crippen molar-refractivity contribution < 1.29 is 14.3 Å². The first-order valence-electron chi connectivity index (χ1n) is 7.94. The van der Waals surface area contributed by atoms with E-state index in [-0.39, 0.29) is 18.3 Å². The number of halogens is 1. The molecule has 0 unspecified atom stereocenters. The molecule has 0 aromatic heterocycles. The number of carbonyl (C=O) groups is 1. The molecule has 1 amide bonds. The molecule has 0 aliphatic heterocycles. The SMILES string of the molecule is COc1cc(OC)cc(C(=O)N(CCN)CCc2ccccc2)c1.Cl. The Bertz CT molecular complexity index is 643. The highest BCUT2D eigenvalue weighted by Gasteiger charge is 2.17. The standard InChI is InChI=1S/C19H24N2O3.ClH/c1-23-17-12-16(13-18(14-17)24-2)19(22)21(11-9-20)10-8-15-6-4-3-5-7-15;/h3-7,12-14H,8-11,20H2,1-2H3;1H. The van der Waals surface area contributed by atoms with Crippen LogP contribution >= 0.6 is 12.4 Å². The first-order valence-corrected chi connectivity index (χ1v) is 7.94. The molecule has 2 aromatic rings. The zero-order valence-electron chi connectivity index (χ0n) is 14.6. The van der Waals surface area contributed by atoms with Crippen LogP contribution in [0.2, 0.25) is 0 Å². The first-order chi connectivity index (χ1) is 11.7. The van der Waals surface area contributed by atoms with Gasteiger partial charge >= 0.3 is 0 Å². The van der Waals surface area contributed by atoms with Crippen LogP contribution < -0.4 is 15.2 Å². The van der Waals surface area contributed by atoms with Gasteiger partial charge in [0.1, 0.15) is 11.5 Å². The summed E-state index contributed by atoms with van der Waals surface area (Å²) in [6, 6.07) is 15.3. The molecule has 0 saturated carbocycles. The summed E-state index contributed by atoms with van der Waals surface area (Å²) in [5.41, 5.74) is 7.41. The Kier molecular flexibility index (Phi) is 8.81. The van der Waals surface area contributed by atoms with Gasteiger partial charge in [0.2, 0.25) is 0 Å². The Labute approximate surface area is 155 Å². The van der Waals surface area contributed by atoms with Crippen molar-refractivity contribution in [1.29, 1.82) is 0 Å². The summed E-state index contributed by atoms with van der Waals surface area (Å²) >= 11 is 0. The molecule has 0 heterocycles. The van der Waals surface area contributed by atoms with Crippen molar-refractivity contribution in [3.63, 3.8) is 0 Å². The van der Waals surface area contributed by atoms with E-state index in [1.54, 1.807) is 37.3 Å². The molecule has 0 fully saturated rings. The maximum Gasteiger partial charge on any atom is 0.254 e. The van der Waals surface area contributed by atoms with Gasteiger partial charge in [-0.15, -0.1) is 12.4 Å². The number of nitrogens with zero attached hydrogens (tertiary/aromatic N) is 1. The van der Waals surface area contributed by atoms with Gasteiger partial charge in [0, 0.05) is 31.3 Å². The van der Waals surface area contributed by atoms with Gasteiger partial charge in [-0.25, -0.2) is 0 Å². The second kappa shape index (κ2) is 10.6. The molecule has 2 N–H and O–H groups in total. The van der Waals surface area contributed by atoms with Crippen molar-refractivity contribution in [2.24, 2.45) is 5.73 Å². The highest BCUT2D eigenvalue weighted by Crippen LogP contribution is 2.23. The molecule has 0 aliphatic rings. The van der Waals surface area contributed by atoms with Crippen molar-refractivity contribution >= 4 is 18.3 Å². The van der Waals surface area contributed by atoms with Crippen LogP contribution in [0, 0.1) is 0 Å². The third kappa shape index (κ3) is 5.96. The van der Waals surface area contributed by atoms with Crippen LogP contribution in [0.25, 0.3) is 0 Å². The fourth-order valence-corrected chi connectivity index (χ4v) is 2.49. The summed E-state index contributed by atoms with van der Waals surface area (Å²) in [5, 5.41) is 0. The maximum absolute atomic E-state index is 12.9. The van der Waals surface area contributed by atoms with Gasteiger partial charge in [0.25, 0.3) is 5.91 Å². The number of benzene rings is 2. The van der Waals surface area contributed by atoms with E-state index in [9.17, 15) is 4.79 Å². The van der Waals surface area contributed by atoms with Crippen LogP contribution in [0.15, 0.2) is 48.5 Å². The Balaban J connectivity index is 0.00000312. The highest BCUT2D eigenvalue weighted by atomic mass is 35.5. The molecule has 2 aromatic carbocycles. The molecule has 0 aliphatic carbocycles. The summed E-state index contributed by atoms with van der Waals surface area (Å²) in [6.07, 6.45) is 0.785. The largest absolute Gasteiger partial charge is 0.497 e. The summed E-state index contributed by atoms with van der Waals surface area (Å²) in [5.74, 6) is 1.11. The topological polar surface area (TPSA) is 64.8 Å². The quantitative estimate of drug-likeness (QED) is 0.782. The molecule has 136 valence electrons. The van der Waals surface area contributed by atoms with E-state index < -0.39 is 0 Å². The van der Waals surface area contributed by atoms with E-state index in [0.29, 0.717) is 36.7 Å². The molecule has 5 nitrogen and oxygen atoms in total. The average Bonchev–Trinajstić information content (AvgIpc) is 2.64. The first kappa shape index (κ1) is 20.8. The van der Waals surface area contributed by atoms with Crippen LogP contribution in [-0.2, 0) is 6.42 Å². The number of nitrogens with two attached hydrogens (primary N) is 1. The van der Waals surface area contributed by atoms with E-state index >= 15 is 0 Å². The average molecular weight is 365 g/mol. The van der Waals surface area contributed by atoms with Gasteiger partial charge in [0.05, 0.1) is 14.2 Å². The number of hydrogen-bond donors (Lipinski definition) is 1. The lowest BCUT2D eigenvalue weighted by Gasteiger charge is -2.22. The maximum atomic E-state index is 12.9. The van der Waals surface area contributed by atoms with E-state index in [2.05, 4.69) is 12.1 Å². The number of methoxy groups -OCH3 is 2. The van der Waals surface area contributed by atoms with Crippen molar-refractivity contribution in [3.8, 4) is 11.5 Å². The molecular formula is C19H25ClN2O3. The molecule has 0 saturated heterocycles. The lowest BCUT2D eigenvalue weighted by molar-refractivity contribution is 0.0761. The van der Waals surface area contributed by atoms with Gasteiger partial charge < -0.3 is 20.1 Å². The molecule has 6 heteroatoms. The molecule has 0 radical (unpaired) electrons. The molecule has 0 atom stereocenters. The number of carbonyl (C=O) groups excluding carboxylic acids is 1. The predicted molar refractivity (Wildman–Crippen MR) is 102 cm³/mol. The van der Waals surface area contributed by atoms with Gasteiger partial charge in [-0.3, -0.25) is 4.79 Å². The van der Waals surface area contributed by atoms with Gasteiger partial charge in [-0.05, 0) is 24.1 Å². The normalized spacial score (nSPS) is 9.88. The monoisotopic (exact) mass is 364 g/mol. The zero-order chi connectivity index (χ0) is 17.4. The number of hydrogen-bond acceptors (Lipinski definition) is 4. The zero-order valence-corrected chi connectivity index (χ0v) is 15.4. The predicted octanol–water partition coefficient (Wildman–Crippen LogP) is 2.77. The fraction of sp³-hybridized carbons (Fsp3) is 0.316. The van der Waals surface area contributed by atoms with Gasteiger partial charge in [-0.2, -0.15) is 0 Å². The summed E-state index contributed by atoms with van der Waals surface area (Å²) in [4.78, 5) is 14.6. The Morgan fingerprint density at radius 3 is 2.12 bits per heavy atom. The van der Waals surface area contributed by atoms with Gasteiger partial charge in [0.15, 0.2) is 0 Å². The van der Waals surface area contributed by atoms with Crippen molar-refractivity contribution in [1.82, 2.24) is 4.90 Å². The second-order valence-corrected chi connectivity index (χ2v) is 5.42. The lowest BCUT2D eigenvalue weighted by atomic mass is 10.1. The third-order valence-corrected chi connectivity index (χ3v) is 3.80. The molecule has 25 heavy (non-hydrogen) atoms. The minimum Gasteiger partial charge on any atom is -0.497 e. The van der Waals surface area contributed by atoms with Crippen LogP contribution in [0.4, 0.5) is 0 Å². The minimum absolute atomic E-state index is 0. The Morgan fingerprint density at radius 2 is 1.60 bits per heavy atom. The summed E-state index contributed by atoms with van der Waals surface area (Å²) in [6.45, 7) is 1.53. The van der Waals surface area contributed by atoms with E-state index in [1.165, 1.54) is 5.56 Å². The Hall–Kier alpha value is -2.24. The molecule has 0 spiro atoms. The number of rotatable bonds is 8. The smallest absolute Gasteiger partial charge is 0.254 e. The molecular weight excluding hydrogens is 340 g/mol. The lowest BCUT2D eigenvalue weighted by Crippen LogP contribution is -2.37. The molecule has 0 bridgehead atoms. The summed E-state index contributed by atoms with van der Waals surface area (Å²) in [7, 11) is 3.13. The van der Waals surface area contributed by atoms with Crippen molar-refractivity contribution in [2.45, 2.75) is 6.42 Å². The highest BCUT2D eigenvalue weighted by molar-refractivity contribution is 5.95.